The van der Waals surface area contributed by atoms with Gasteiger partial charge in [0.1, 0.15) is 5.82 Å². The number of benzene rings is 1. The number of nitrogens with zero attached hydrogens (tertiary/aromatic N) is 4. The van der Waals surface area contributed by atoms with Crippen molar-refractivity contribution in [3.63, 3.8) is 0 Å². The smallest absolute Gasteiger partial charge is 0.223 e. The highest BCUT2D eigenvalue weighted by atomic mass is 16.2. The van der Waals surface area contributed by atoms with Gasteiger partial charge in [0.15, 0.2) is 5.82 Å². The molecule has 1 aromatic carbocycles. The van der Waals surface area contributed by atoms with Gasteiger partial charge in [0.25, 0.3) is 0 Å². The molecule has 2 aliphatic heterocycles. The van der Waals surface area contributed by atoms with Crippen molar-refractivity contribution in [2.24, 2.45) is 5.92 Å². The second-order valence-electron chi connectivity index (χ2n) is 11.3. The van der Waals surface area contributed by atoms with E-state index in [4.69, 9.17) is 4.98 Å². The van der Waals surface area contributed by atoms with E-state index in [1.807, 2.05) is 6.20 Å². The van der Waals surface area contributed by atoms with Crippen molar-refractivity contribution in [1.82, 2.24) is 20.2 Å². The van der Waals surface area contributed by atoms with E-state index in [9.17, 15) is 4.79 Å². The molecule has 2 saturated carbocycles. The van der Waals surface area contributed by atoms with Crippen LogP contribution in [0.4, 0.5) is 17.3 Å². The van der Waals surface area contributed by atoms with E-state index in [1.165, 1.54) is 57.2 Å². The number of likely N-dealkylation sites (tertiary alicyclic amines) is 1. The van der Waals surface area contributed by atoms with Crippen molar-refractivity contribution in [2.75, 3.05) is 36.4 Å². The summed E-state index contributed by atoms with van der Waals surface area (Å²) in [6.07, 6.45) is 16.0. The molecule has 7 nitrogen and oxygen atoms in total. The Morgan fingerprint density at radius 3 is 2.39 bits per heavy atom. The lowest BCUT2D eigenvalue weighted by molar-refractivity contribution is -0.123. The van der Waals surface area contributed by atoms with Gasteiger partial charge in [0, 0.05) is 36.8 Å². The van der Waals surface area contributed by atoms with Crippen LogP contribution in [0.2, 0.25) is 0 Å². The average molecular weight is 489 g/mol. The molecule has 4 fully saturated rings. The normalized spacial score (nSPS) is 24.1. The molecule has 2 saturated heterocycles. The van der Waals surface area contributed by atoms with E-state index in [0.717, 1.165) is 62.1 Å². The van der Waals surface area contributed by atoms with E-state index in [0.29, 0.717) is 5.92 Å². The second-order valence-corrected chi connectivity index (χ2v) is 11.3. The Balaban J connectivity index is 1.03. The summed E-state index contributed by atoms with van der Waals surface area (Å²) in [7, 11) is 0. The fraction of sp³-hybridized carbons (Fsp3) is 0.621. The van der Waals surface area contributed by atoms with Gasteiger partial charge < -0.3 is 20.4 Å². The monoisotopic (exact) mass is 488 g/mol. The van der Waals surface area contributed by atoms with Crippen LogP contribution < -0.4 is 15.5 Å². The van der Waals surface area contributed by atoms with Crippen molar-refractivity contribution in [1.29, 1.82) is 0 Å². The van der Waals surface area contributed by atoms with Crippen LogP contribution in [0.1, 0.15) is 75.7 Å². The number of anilines is 3. The summed E-state index contributed by atoms with van der Waals surface area (Å²) in [5.41, 5.74) is 2.50. The van der Waals surface area contributed by atoms with Crippen LogP contribution in [0.5, 0.6) is 0 Å². The first-order chi connectivity index (χ1) is 17.7. The van der Waals surface area contributed by atoms with E-state index < -0.39 is 0 Å². The van der Waals surface area contributed by atoms with Crippen molar-refractivity contribution >= 4 is 23.2 Å². The minimum atomic E-state index is 0.197. The first-order valence-electron chi connectivity index (χ1n) is 14.2. The van der Waals surface area contributed by atoms with Gasteiger partial charge in [-0.25, -0.2) is 4.98 Å². The molecule has 1 amide bonds. The fourth-order valence-electron chi connectivity index (χ4n) is 6.39. The van der Waals surface area contributed by atoms with Gasteiger partial charge in [-0.3, -0.25) is 9.78 Å². The summed E-state index contributed by atoms with van der Waals surface area (Å²) in [6.45, 7) is 4.24. The number of nitrogens with one attached hydrogen (secondary N) is 2. The SMILES string of the molecule is O=C(N[C@@H]1CCCN(c2cncc(Nc3ccc(C4CCN(C5CCCC5)CC4)cc3)n2)C1)C1CC1. The highest BCUT2D eigenvalue weighted by Crippen LogP contribution is 2.33. The van der Waals surface area contributed by atoms with Crippen molar-refractivity contribution < 1.29 is 4.79 Å². The van der Waals surface area contributed by atoms with E-state index in [-0.39, 0.29) is 17.9 Å². The first kappa shape index (κ1) is 23.7. The zero-order valence-corrected chi connectivity index (χ0v) is 21.4. The molecule has 6 rings (SSSR count). The third-order valence-electron chi connectivity index (χ3n) is 8.69. The fourth-order valence-corrected chi connectivity index (χ4v) is 6.39. The minimum Gasteiger partial charge on any atom is -0.353 e. The zero-order chi connectivity index (χ0) is 24.3. The average Bonchev–Trinajstić information content (AvgIpc) is 3.64. The molecule has 3 heterocycles. The number of carbonyl (C=O) groups is 1. The van der Waals surface area contributed by atoms with E-state index >= 15 is 0 Å². The summed E-state index contributed by atoms with van der Waals surface area (Å²) in [5, 5.41) is 6.68. The molecule has 192 valence electrons. The Labute approximate surface area is 215 Å². The largest absolute Gasteiger partial charge is 0.353 e. The Bertz CT molecular complexity index is 1020. The molecule has 0 bridgehead atoms. The lowest BCUT2D eigenvalue weighted by Gasteiger charge is -2.36. The predicted molar refractivity (Wildman–Crippen MR) is 144 cm³/mol. The van der Waals surface area contributed by atoms with Crippen LogP contribution in [-0.4, -0.2) is 59.0 Å². The molecular formula is C29H40N6O. The molecule has 4 aliphatic rings. The lowest BCUT2D eigenvalue weighted by Crippen LogP contribution is -2.48. The maximum atomic E-state index is 12.2. The van der Waals surface area contributed by atoms with Crippen LogP contribution >= 0.6 is 0 Å². The summed E-state index contributed by atoms with van der Waals surface area (Å²) >= 11 is 0. The topological polar surface area (TPSA) is 73.4 Å². The summed E-state index contributed by atoms with van der Waals surface area (Å²) < 4.78 is 0. The Kier molecular flexibility index (Phi) is 7.08. The summed E-state index contributed by atoms with van der Waals surface area (Å²) in [5.74, 6) is 2.78. The summed E-state index contributed by atoms with van der Waals surface area (Å²) in [6, 6.07) is 9.98. The number of piperidine rings is 2. The number of rotatable bonds is 7. The molecule has 1 aromatic heterocycles. The Morgan fingerprint density at radius 1 is 0.861 bits per heavy atom. The van der Waals surface area contributed by atoms with Crippen LogP contribution in [0.25, 0.3) is 0 Å². The van der Waals surface area contributed by atoms with Crippen LogP contribution in [0, 0.1) is 5.92 Å². The molecule has 36 heavy (non-hydrogen) atoms. The van der Waals surface area contributed by atoms with E-state index in [1.54, 1.807) is 6.20 Å². The number of hydrogen-bond acceptors (Lipinski definition) is 6. The summed E-state index contributed by atoms with van der Waals surface area (Å²) in [4.78, 5) is 26.5. The van der Waals surface area contributed by atoms with Crippen LogP contribution in [0.3, 0.4) is 0 Å². The van der Waals surface area contributed by atoms with Crippen LogP contribution in [-0.2, 0) is 4.79 Å². The highest BCUT2D eigenvalue weighted by molar-refractivity contribution is 5.81. The number of carbonyl (C=O) groups excluding carboxylic acids is 1. The van der Waals surface area contributed by atoms with Gasteiger partial charge in [0.2, 0.25) is 5.91 Å². The number of amides is 1. The third-order valence-corrected chi connectivity index (χ3v) is 8.69. The van der Waals surface area contributed by atoms with Gasteiger partial charge in [0.05, 0.1) is 12.4 Å². The minimum absolute atomic E-state index is 0.197. The zero-order valence-electron chi connectivity index (χ0n) is 21.4. The quantitative estimate of drug-likeness (QED) is 0.581. The number of hydrogen-bond donors (Lipinski definition) is 2. The van der Waals surface area contributed by atoms with Crippen molar-refractivity contribution in [3.05, 3.63) is 42.2 Å². The maximum absolute atomic E-state index is 12.2. The van der Waals surface area contributed by atoms with Gasteiger partial charge >= 0.3 is 0 Å². The molecule has 2 aliphatic carbocycles. The van der Waals surface area contributed by atoms with Crippen LogP contribution in [0.15, 0.2) is 36.7 Å². The molecule has 7 heteroatoms. The van der Waals surface area contributed by atoms with E-state index in [2.05, 4.69) is 49.7 Å². The predicted octanol–water partition coefficient (Wildman–Crippen LogP) is 4.84. The third kappa shape index (κ3) is 5.66. The highest BCUT2D eigenvalue weighted by Gasteiger charge is 2.32. The molecule has 0 radical (unpaired) electrons. The second kappa shape index (κ2) is 10.8. The van der Waals surface area contributed by atoms with Gasteiger partial charge in [-0.1, -0.05) is 25.0 Å². The number of aromatic nitrogens is 2. The molecular weight excluding hydrogens is 448 g/mol. The Morgan fingerprint density at radius 2 is 1.64 bits per heavy atom. The van der Waals surface area contributed by atoms with Gasteiger partial charge in [-0.05, 0) is 88.1 Å². The van der Waals surface area contributed by atoms with Gasteiger partial charge in [-0.15, -0.1) is 0 Å². The Hall–Kier alpha value is -2.67. The first-order valence-corrected chi connectivity index (χ1v) is 14.2. The molecule has 0 unspecified atom stereocenters. The molecule has 2 aromatic rings. The van der Waals surface area contributed by atoms with Crippen molar-refractivity contribution in [2.45, 2.75) is 82.2 Å². The molecule has 2 N–H and O–H groups in total. The standard InChI is InChI=1S/C29H40N6O/c36-29(23-7-8-23)32-25-4-3-15-35(20-25)28-19-30-18-27(33-28)31-24-11-9-21(10-12-24)22-13-16-34(17-14-22)26-5-1-2-6-26/h9-12,18-19,22-23,25-26H,1-8,13-17,20H2,(H,31,33)(H,32,36)/t25-/m1/s1. The maximum Gasteiger partial charge on any atom is 0.223 e. The lowest BCUT2D eigenvalue weighted by atomic mass is 9.88. The molecule has 0 spiro atoms. The van der Waals surface area contributed by atoms with Crippen molar-refractivity contribution in [3.8, 4) is 0 Å². The molecule has 1 atom stereocenters. The van der Waals surface area contributed by atoms with Gasteiger partial charge in [-0.2, -0.15) is 0 Å².